The van der Waals surface area contributed by atoms with Crippen molar-refractivity contribution in [1.82, 2.24) is 0 Å². The van der Waals surface area contributed by atoms with Gasteiger partial charge in [0.25, 0.3) is 0 Å². The molecule has 0 radical (unpaired) electrons. The standard InChI is InChI=1S/C12H16NTe/c1-5-11-10-6-8(2)9(3)7-12(10)14-13(11)4/h6-7H,5H2,1-4H3/q+1. The van der Waals surface area contributed by atoms with Crippen molar-refractivity contribution < 1.29 is 2.79 Å². The van der Waals surface area contributed by atoms with Gasteiger partial charge in [-0.05, 0) is 0 Å². The molecule has 74 valence electrons. The number of benzene rings is 1. The summed E-state index contributed by atoms with van der Waals surface area (Å²) < 4.78 is 4.12. The van der Waals surface area contributed by atoms with Crippen LogP contribution in [0.2, 0.25) is 0 Å². The van der Waals surface area contributed by atoms with Crippen molar-refractivity contribution in [2.75, 3.05) is 0 Å². The summed E-state index contributed by atoms with van der Waals surface area (Å²) in [5.74, 6) is 0. The van der Waals surface area contributed by atoms with E-state index in [0.29, 0.717) is 0 Å². The molecule has 0 aliphatic carbocycles. The summed E-state index contributed by atoms with van der Waals surface area (Å²) in [5, 5.41) is 1.53. The van der Waals surface area contributed by atoms with Gasteiger partial charge in [-0.1, -0.05) is 0 Å². The second kappa shape index (κ2) is 3.68. The fourth-order valence-corrected chi connectivity index (χ4v) is 5.12. The second-order valence-corrected chi connectivity index (χ2v) is 7.16. The Kier molecular flexibility index (Phi) is 2.68. The monoisotopic (exact) mass is 304 g/mol. The molecule has 0 spiro atoms. The van der Waals surface area contributed by atoms with Gasteiger partial charge in [0.1, 0.15) is 0 Å². The van der Waals surface area contributed by atoms with Crippen LogP contribution in [0.15, 0.2) is 12.1 Å². The second-order valence-electron chi connectivity index (χ2n) is 3.82. The first-order valence-corrected chi connectivity index (χ1v) is 7.23. The van der Waals surface area contributed by atoms with Gasteiger partial charge >= 0.3 is 95.5 Å². The van der Waals surface area contributed by atoms with Crippen LogP contribution in [0.1, 0.15) is 23.7 Å². The van der Waals surface area contributed by atoms with Gasteiger partial charge in [-0.2, -0.15) is 0 Å². The Balaban J connectivity index is 2.82. The Morgan fingerprint density at radius 3 is 2.50 bits per heavy atom. The van der Waals surface area contributed by atoms with Crippen LogP contribution in [0.4, 0.5) is 0 Å². The first kappa shape index (κ1) is 10.2. The number of aryl methyl sites for hydroxylation is 4. The Morgan fingerprint density at radius 2 is 1.86 bits per heavy atom. The quantitative estimate of drug-likeness (QED) is 0.709. The van der Waals surface area contributed by atoms with E-state index in [0.717, 1.165) is 6.42 Å². The van der Waals surface area contributed by atoms with Gasteiger partial charge in [-0.25, -0.2) is 0 Å². The Labute approximate surface area is 95.4 Å². The first-order chi connectivity index (χ1) is 6.63. The molecule has 2 aromatic rings. The molecule has 0 amide bonds. The molecule has 14 heavy (non-hydrogen) atoms. The van der Waals surface area contributed by atoms with Gasteiger partial charge in [-0.3, -0.25) is 0 Å². The van der Waals surface area contributed by atoms with Crippen molar-refractivity contribution in [2.45, 2.75) is 27.2 Å². The van der Waals surface area contributed by atoms with E-state index in [9.17, 15) is 0 Å². The number of nitrogens with zero attached hydrogens (tertiary/aromatic N) is 1. The van der Waals surface area contributed by atoms with Gasteiger partial charge in [0.2, 0.25) is 0 Å². The summed E-state index contributed by atoms with van der Waals surface area (Å²) in [5.41, 5.74) is 4.42. The Morgan fingerprint density at radius 1 is 1.21 bits per heavy atom. The molecule has 1 nitrogen and oxygen atoms in total. The van der Waals surface area contributed by atoms with Crippen molar-refractivity contribution in [1.29, 1.82) is 0 Å². The maximum absolute atomic E-state index is 2.49. The van der Waals surface area contributed by atoms with E-state index < -0.39 is 0 Å². The van der Waals surface area contributed by atoms with Gasteiger partial charge in [-0.15, -0.1) is 0 Å². The average molecular weight is 302 g/mol. The summed E-state index contributed by atoms with van der Waals surface area (Å²) in [6.07, 6.45) is 1.16. The first-order valence-electron chi connectivity index (χ1n) is 5.02. The molecule has 0 unspecified atom stereocenters. The molecule has 0 aliphatic heterocycles. The van der Waals surface area contributed by atoms with Crippen LogP contribution in [0.25, 0.3) is 8.79 Å². The molecule has 0 saturated heterocycles. The van der Waals surface area contributed by atoms with Crippen LogP contribution in [0, 0.1) is 13.8 Å². The minimum absolute atomic E-state index is 0.102. The van der Waals surface area contributed by atoms with Crippen LogP contribution in [-0.2, 0) is 13.5 Å². The third kappa shape index (κ3) is 1.51. The van der Waals surface area contributed by atoms with E-state index in [1.807, 2.05) is 0 Å². The predicted octanol–water partition coefficient (Wildman–Crippen LogP) is 1.90. The normalized spacial score (nSPS) is 11.1. The number of hydrogen-bond donors (Lipinski definition) is 0. The molecule has 1 aromatic carbocycles. The molecule has 0 saturated carbocycles. The van der Waals surface area contributed by atoms with Crippen molar-refractivity contribution in [3.63, 3.8) is 0 Å². The molecule has 0 fully saturated rings. The third-order valence-corrected chi connectivity index (χ3v) is 5.79. The van der Waals surface area contributed by atoms with Crippen LogP contribution >= 0.6 is 0 Å². The zero-order chi connectivity index (χ0) is 10.3. The summed E-state index contributed by atoms with van der Waals surface area (Å²) in [6, 6.07) is 4.77. The maximum atomic E-state index is 2.49. The van der Waals surface area contributed by atoms with Gasteiger partial charge in [0, 0.05) is 0 Å². The topological polar surface area (TPSA) is 3.88 Å². The van der Waals surface area contributed by atoms with E-state index in [-0.39, 0.29) is 20.7 Å². The van der Waals surface area contributed by atoms with Crippen LogP contribution in [0.3, 0.4) is 0 Å². The summed E-state index contributed by atoms with van der Waals surface area (Å²) in [6.45, 7) is 6.68. The number of fused-ring (bicyclic) bond motifs is 1. The minimum atomic E-state index is -0.102. The van der Waals surface area contributed by atoms with E-state index in [1.54, 1.807) is 9.10 Å². The third-order valence-electron chi connectivity index (χ3n) is 2.86. The average Bonchev–Trinajstić information content (AvgIpc) is 2.42. The van der Waals surface area contributed by atoms with E-state index in [1.165, 1.54) is 16.5 Å². The molecular formula is C12H16NTe+. The van der Waals surface area contributed by atoms with Crippen molar-refractivity contribution >= 4 is 29.5 Å². The fourth-order valence-electron chi connectivity index (χ4n) is 1.88. The fraction of sp³-hybridized carbons (Fsp3) is 0.417. The molecule has 1 heterocycles. The molecule has 2 rings (SSSR count). The summed E-state index contributed by atoms with van der Waals surface area (Å²) >= 11 is -0.102. The Bertz CT molecular complexity index is 483. The van der Waals surface area contributed by atoms with E-state index >= 15 is 0 Å². The molecule has 0 bridgehead atoms. The SMILES string of the molecule is CCc1c2cc(C)c(C)cc2[te][n+]1C. The molecule has 0 atom stereocenters. The van der Waals surface area contributed by atoms with Crippen LogP contribution in [-0.4, -0.2) is 20.7 Å². The zero-order valence-corrected chi connectivity index (χ0v) is 11.5. The Hall–Kier alpha value is -0.320. The molecule has 0 aliphatic rings. The summed E-state index contributed by atoms with van der Waals surface area (Å²) in [4.78, 5) is 0. The number of hydrogen-bond acceptors (Lipinski definition) is 0. The number of rotatable bonds is 1. The van der Waals surface area contributed by atoms with Crippen molar-refractivity contribution in [3.05, 3.63) is 29.0 Å². The van der Waals surface area contributed by atoms with Gasteiger partial charge in [0.15, 0.2) is 0 Å². The molecular weight excluding hydrogens is 286 g/mol. The van der Waals surface area contributed by atoms with Crippen LogP contribution < -0.4 is 2.79 Å². The van der Waals surface area contributed by atoms with E-state index in [4.69, 9.17) is 0 Å². The predicted molar refractivity (Wildman–Crippen MR) is 60.9 cm³/mol. The van der Waals surface area contributed by atoms with Crippen molar-refractivity contribution in [3.8, 4) is 0 Å². The van der Waals surface area contributed by atoms with E-state index in [2.05, 4.69) is 42.7 Å². The van der Waals surface area contributed by atoms with Crippen molar-refractivity contribution in [2.24, 2.45) is 7.05 Å². The van der Waals surface area contributed by atoms with Gasteiger partial charge < -0.3 is 0 Å². The van der Waals surface area contributed by atoms with Crippen LogP contribution in [0.5, 0.6) is 0 Å². The molecule has 2 heteroatoms. The zero-order valence-electron chi connectivity index (χ0n) is 9.22. The summed E-state index contributed by atoms with van der Waals surface area (Å²) in [7, 11) is 2.24. The molecule has 1 aromatic heterocycles. The molecule has 0 N–H and O–H groups in total. The number of aromatic nitrogens is 1. The van der Waals surface area contributed by atoms with Gasteiger partial charge in [0.05, 0.1) is 0 Å².